The second-order valence-corrected chi connectivity index (χ2v) is 8.92. The van der Waals surface area contributed by atoms with Crippen molar-refractivity contribution in [3.8, 4) is 0 Å². The smallest absolute Gasteiger partial charge is 0.330 e. The van der Waals surface area contributed by atoms with Crippen LogP contribution in [-0.4, -0.2) is 73.6 Å². The molecule has 172 valence electrons. The van der Waals surface area contributed by atoms with Crippen molar-refractivity contribution in [3.63, 3.8) is 0 Å². The molecule has 0 aromatic heterocycles. The summed E-state index contributed by atoms with van der Waals surface area (Å²) in [6.45, 7) is 3.13. The fourth-order valence-electron chi connectivity index (χ4n) is 5.44. The molecule has 3 aliphatic rings. The number of hydrogen-bond acceptors (Lipinski definition) is 6. The molecule has 0 bridgehead atoms. The summed E-state index contributed by atoms with van der Waals surface area (Å²) in [5.41, 5.74) is 1.83. The molecule has 2 saturated heterocycles. The Labute approximate surface area is 193 Å². The highest BCUT2D eigenvalue weighted by Crippen LogP contribution is 2.45. The number of nitrogens with one attached hydrogen (secondary N) is 1. The van der Waals surface area contributed by atoms with Crippen molar-refractivity contribution < 1.29 is 19.1 Å². The monoisotopic (exact) mass is 448 g/mol. The third kappa shape index (κ3) is 3.59. The number of para-hydroxylation sites is 1. The lowest BCUT2D eigenvalue weighted by molar-refractivity contribution is -0.155. The molecule has 4 amide bonds. The highest BCUT2D eigenvalue weighted by atomic mass is 16.5. The minimum absolute atomic E-state index is 0.109. The van der Waals surface area contributed by atoms with Crippen molar-refractivity contribution in [1.82, 2.24) is 15.1 Å². The quantitative estimate of drug-likeness (QED) is 0.701. The molecule has 1 spiro atoms. The van der Waals surface area contributed by atoms with E-state index in [1.54, 1.807) is 0 Å². The molecule has 8 heteroatoms. The third-order valence-electron chi connectivity index (χ3n) is 7.07. The highest BCUT2D eigenvalue weighted by molar-refractivity contribution is 6.20. The zero-order chi connectivity index (χ0) is 23.0. The number of barbiturate groups is 1. The van der Waals surface area contributed by atoms with Crippen LogP contribution in [0.3, 0.4) is 0 Å². The van der Waals surface area contributed by atoms with Crippen LogP contribution in [0.15, 0.2) is 54.6 Å². The van der Waals surface area contributed by atoms with Crippen LogP contribution in [0.1, 0.15) is 11.1 Å². The second-order valence-electron chi connectivity index (χ2n) is 8.92. The Morgan fingerprint density at radius 1 is 1.03 bits per heavy atom. The van der Waals surface area contributed by atoms with Crippen molar-refractivity contribution in [2.45, 2.75) is 19.0 Å². The molecule has 0 saturated carbocycles. The van der Waals surface area contributed by atoms with Crippen molar-refractivity contribution in [2.24, 2.45) is 5.41 Å². The number of nitrogens with zero attached hydrogens (tertiary/aromatic N) is 3. The summed E-state index contributed by atoms with van der Waals surface area (Å²) in [7, 11) is 1.52. The molecule has 3 heterocycles. The molecule has 0 radical (unpaired) electrons. The minimum atomic E-state index is -1.37. The molecular formula is C25H28N4O4. The molecule has 33 heavy (non-hydrogen) atoms. The van der Waals surface area contributed by atoms with E-state index in [1.807, 2.05) is 36.4 Å². The number of rotatable bonds is 5. The van der Waals surface area contributed by atoms with Crippen molar-refractivity contribution in [3.05, 3.63) is 65.7 Å². The summed E-state index contributed by atoms with van der Waals surface area (Å²) < 4.78 is 5.11. The van der Waals surface area contributed by atoms with E-state index in [9.17, 15) is 14.4 Å². The largest absolute Gasteiger partial charge is 0.383 e. The maximum absolute atomic E-state index is 13.9. The van der Waals surface area contributed by atoms with E-state index < -0.39 is 23.3 Å². The van der Waals surface area contributed by atoms with Crippen molar-refractivity contribution in [1.29, 1.82) is 0 Å². The van der Waals surface area contributed by atoms with Gasteiger partial charge < -0.3 is 9.64 Å². The molecular weight excluding hydrogens is 420 g/mol. The zero-order valence-electron chi connectivity index (χ0n) is 18.7. The van der Waals surface area contributed by atoms with Crippen LogP contribution in [0.5, 0.6) is 0 Å². The van der Waals surface area contributed by atoms with Crippen LogP contribution in [0.2, 0.25) is 0 Å². The van der Waals surface area contributed by atoms with E-state index in [0.29, 0.717) is 13.1 Å². The van der Waals surface area contributed by atoms with Crippen LogP contribution in [0.25, 0.3) is 0 Å². The standard InChI is InChI=1S/C25H28N4O4/c1-33-14-13-29-23(31)25(22(30)26-24(29)32)15-19-9-5-6-10-20(19)28-12-11-27(17-21(25)28)16-18-7-3-2-4-8-18/h2-10,21H,11-17H2,1H3,(H,26,30,32)/t21-,25-/m1/s1. The van der Waals surface area contributed by atoms with Crippen molar-refractivity contribution >= 4 is 23.5 Å². The summed E-state index contributed by atoms with van der Waals surface area (Å²) in [4.78, 5) is 45.6. The molecule has 8 nitrogen and oxygen atoms in total. The van der Waals surface area contributed by atoms with Crippen LogP contribution in [-0.2, 0) is 27.3 Å². The lowest BCUT2D eigenvalue weighted by atomic mass is 9.67. The fraction of sp³-hybridized carbons (Fsp3) is 0.400. The molecule has 3 aliphatic heterocycles. The lowest BCUT2D eigenvalue weighted by Crippen LogP contribution is -2.75. The first-order chi connectivity index (χ1) is 16.0. The van der Waals surface area contributed by atoms with Gasteiger partial charge in [0.25, 0.3) is 0 Å². The molecule has 2 aromatic carbocycles. The zero-order valence-corrected chi connectivity index (χ0v) is 18.7. The average molecular weight is 449 g/mol. The Bertz CT molecular complexity index is 1080. The van der Waals surface area contributed by atoms with Gasteiger partial charge in [0.2, 0.25) is 11.8 Å². The number of carbonyl (C=O) groups excluding carboxylic acids is 3. The van der Waals surface area contributed by atoms with Crippen LogP contribution < -0.4 is 10.2 Å². The van der Waals surface area contributed by atoms with Crippen LogP contribution >= 0.6 is 0 Å². The van der Waals surface area contributed by atoms with Gasteiger partial charge in [0.15, 0.2) is 5.41 Å². The van der Waals surface area contributed by atoms with Gasteiger partial charge in [-0.2, -0.15) is 0 Å². The molecule has 2 aromatic rings. The summed E-state index contributed by atoms with van der Waals surface area (Å²) in [5, 5.41) is 2.48. The summed E-state index contributed by atoms with van der Waals surface area (Å²) in [5.74, 6) is -0.934. The fourth-order valence-corrected chi connectivity index (χ4v) is 5.44. The highest BCUT2D eigenvalue weighted by Gasteiger charge is 2.62. The number of imide groups is 2. The maximum atomic E-state index is 13.9. The summed E-state index contributed by atoms with van der Waals surface area (Å²) in [6, 6.07) is 17.1. The number of ether oxygens (including phenoxy) is 1. The molecule has 5 rings (SSSR count). The topological polar surface area (TPSA) is 82.2 Å². The first-order valence-electron chi connectivity index (χ1n) is 11.3. The van der Waals surface area contributed by atoms with E-state index in [2.05, 4.69) is 33.3 Å². The third-order valence-corrected chi connectivity index (χ3v) is 7.07. The first kappa shape index (κ1) is 21.6. The van der Waals surface area contributed by atoms with Crippen LogP contribution in [0.4, 0.5) is 10.5 Å². The molecule has 1 N–H and O–H groups in total. The predicted molar refractivity (Wildman–Crippen MR) is 123 cm³/mol. The predicted octanol–water partition coefficient (Wildman–Crippen LogP) is 1.64. The van der Waals surface area contributed by atoms with Gasteiger partial charge in [-0.1, -0.05) is 48.5 Å². The number of piperazine rings is 1. The van der Waals surface area contributed by atoms with Gasteiger partial charge in [0.1, 0.15) is 0 Å². The Hall–Kier alpha value is -3.23. The number of methoxy groups -OCH3 is 1. The molecule has 2 atom stereocenters. The average Bonchev–Trinajstić information content (AvgIpc) is 2.83. The first-order valence-corrected chi connectivity index (χ1v) is 11.3. The second kappa shape index (κ2) is 8.61. The Balaban J connectivity index is 1.54. The lowest BCUT2D eigenvalue weighted by Gasteiger charge is -2.55. The molecule has 2 fully saturated rings. The van der Waals surface area contributed by atoms with Gasteiger partial charge in [0, 0.05) is 39.0 Å². The van der Waals surface area contributed by atoms with E-state index in [1.165, 1.54) is 12.7 Å². The van der Waals surface area contributed by atoms with E-state index in [4.69, 9.17) is 4.74 Å². The van der Waals surface area contributed by atoms with Gasteiger partial charge in [-0.15, -0.1) is 0 Å². The van der Waals surface area contributed by atoms with Gasteiger partial charge >= 0.3 is 6.03 Å². The normalized spacial score (nSPS) is 25.1. The van der Waals surface area contributed by atoms with E-state index >= 15 is 0 Å². The Kier molecular flexibility index (Phi) is 5.64. The number of amides is 4. The van der Waals surface area contributed by atoms with Gasteiger partial charge in [0.05, 0.1) is 19.2 Å². The SMILES string of the molecule is COCCN1C(=O)NC(=O)[C@]2(Cc3ccccc3N3CCN(Cc4ccccc4)C[C@@H]32)C1=O. The van der Waals surface area contributed by atoms with E-state index in [0.717, 1.165) is 29.2 Å². The number of urea groups is 1. The summed E-state index contributed by atoms with van der Waals surface area (Å²) >= 11 is 0. The number of fused-ring (bicyclic) bond motifs is 4. The van der Waals surface area contributed by atoms with Gasteiger partial charge in [-0.25, -0.2) is 4.79 Å². The number of carbonyl (C=O) groups is 3. The van der Waals surface area contributed by atoms with E-state index in [-0.39, 0.29) is 25.6 Å². The number of anilines is 1. The summed E-state index contributed by atoms with van der Waals surface area (Å²) in [6.07, 6.45) is 0.269. The van der Waals surface area contributed by atoms with Gasteiger partial charge in [-0.3, -0.25) is 24.7 Å². The van der Waals surface area contributed by atoms with Crippen molar-refractivity contribution in [2.75, 3.05) is 44.8 Å². The van der Waals surface area contributed by atoms with Gasteiger partial charge in [-0.05, 0) is 23.6 Å². The van der Waals surface area contributed by atoms with Crippen LogP contribution in [0, 0.1) is 5.41 Å². The Morgan fingerprint density at radius 3 is 2.58 bits per heavy atom. The molecule has 0 aliphatic carbocycles. The Morgan fingerprint density at radius 2 is 1.79 bits per heavy atom. The number of benzene rings is 2. The maximum Gasteiger partial charge on any atom is 0.330 e. The molecule has 0 unspecified atom stereocenters. The number of hydrogen-bond donors (Lipinski definition) is 1. The minimum Gasteiger partial charge on any atom is -0.383 e.